The van der Waals surface area contributed by atoms with Crippen LogP contribution in [0.15, 0.2) is 48.9 Å². The summed E-state index contributed by atoms with van der Waals surface area (Å²) in [7, 11) is 0. The Bertz CT molecular complexity index is 987. The van der Waals surface area contributed by atoms with Crippen LogP contribution in [0.25, 0.3) is 11.1 Å². The molecule has 0 atom stereocenters. The molecule has 0 aliphatic carbocycles. The summed E-state index contributed by atoms with van der Waals surface area (Å²) in [6, 6.07) is 12.1. The van der Waals surface area contributed by atoms with Gasteiger partial charge in [-0.3, -0.25) is 0 Å². The van der Waals surface area contributed by atoms with Gasteiger partial charge < -0.3 is 14.7 Å². The SMILES string of the molecule is CCCc1cncnc1N1CCOc2c(O)cc(-c3ccccc3C)cc2C1. The fourth-order valence-corrected chi connectivity index (χ4v) is 3.81. The summed E-state index contributed by atoms with van der Waals surface area (Å²) < 4.78 is 5.92. The molecule has 2 aromatic carbocycles. The van der Waals surface area contributed by atoms with E-state index in [-0.39, 0.29) is 5.75 Å². The predicted octanol–water partition coefficient (Wildman–Crippen LogP) is 4.51. The molecule has 0 saturated heterocycles. The van der Waals surface area contributed by atoms with Crippen molar-refractivity contribution >= 4 is 5.82 Å². The van der Waals surface area contributed by atoms with Gasteiger partial charge in [-0.15, -0.1) is 0 Å². The molecule has 28 heavy (non-hydrogen) atoms. The summed E-state index contributed by atoms with van der Waals surface area (Å²) in [5.74, 6) is 1.72. The van der Waals surface area contributed by atoms with Crippen LogP contribution in [-0.4, -0.2) is 28.2 Å². The molecule has 0 bridgehead atoms. The monoisotopic (exact) mass is 375 g/mol. The number of aromatic nitrogens is 2. The Labute approximate surface area is 165 Å². The predicted molar refractivity (Wildman–Crippen MR) is 111 cm³/mol. The zero-order valence-electron chi connectivity index (χ0n) is 16.4. The first-order valence-electron chi connectivity index (χ1n) is 9.76. The second-order valence-electron chi connectivity index (χ2n) is 7.19. The second-order valence-corrected chi connectivity index (χ2v) is 7.19. The molecular weight excluding hydrogens is 350 g/mol. The van der Waals surface area contributed by atoms with Gasteiger partial charge in [-0.05, 0) is 42.2 Å². The molecule has 1 aliphatic heterocycles. The summed E-state index contributed by atoms with van der Waals surface area (Å²) >= 11 is 0. The van der Waals surface area contributed by atoms with Crippen molar-refractivity contribution in [2.45, 2.75) is 33.2 Å². The third-order valence-electron chi connectivity index (χ3n) is 5.15. The summed E-state index contributed by atoms with van der Waals surface area (Å²) in [5, 5.41) is 10.6. The molecule has 0 radical (unpaired) electrons. The Morgan fingerprint density at radius 2 is 2.07 bits per heavy atom. The summed E-state index contributed by atoms with van der Waals surface area (Å²) in [4.78, 5) is 11.0. The van der Waals surface area contributed by atoms with Gasteiger partial charge in [0, 0.05) is 23.9 Å². The second kappa shape index (κ2) is 7.89. The van der Waals surface area contributed by atoms with Gasteiger partial charge in [0.25, 0.3) is 0 Å². The van der Waals surface area contributed by atoms with Crippen molar-refractivity contribution in [3.63, 3.8) is 0 Å². The molecule has 4 rings (SSSR count). The Balaban J connectivity index is 1.74. The molecule has 0 fully saturated rings. The highest BCUT2D eigenvalue weighted by molar-refractivity contribution is 5.72. The van der Waals surface area contributed by atoms with Gasteiger partial charge in [0.1, 0.15) is 18.8 Å². The number of benzene rings is 2. The molecule has 3 aromatic rings. The van der Waals surface area contributed by atoms with E-state index < -0.39 is 0 Å². The van der Waals surface area contributed by atoms with E-state index in [0.717, 1.165) is 40.9 Å². The van der Waals surface area contributed by atoms with Crippen molar-refractivity contribution in [3.05, 3.63) is 65.6 Å². The fraction of sp³-hybridized carbons (Fsp3) is 0.304. The molecule has 5 heteroatoms. The number of fused-ring (bicyclic) bond motifs is 1. The van der Waals surface area contributed by atoms with Gasteiger partial charge in [-0.1, -0.05) is 37.6 Å². The molecule has 0 spiro atoms. The number of phenols is 1. The van der Waals surface area contributed by atoms with Gasteiger partial charge in [0.2, 0.25) is 0 Å². The Morgan fingerprint density at radius 1 is 1.21 bits per heavy atom. The number of ether oxygens (including phenoxy) is 1. The van der Waals surface area contributed by atoms with Crippen LogP contribution < -0.4 is 9.64 Å². The molecule has 0 unspecified atom stereocenters. The van der Waals surface area contributed by atoms with E-state index in [4.69, 9.17) is 4.74 Å². The first-order chi connectivity index (χ1) is 13.7. The summed E-state index contributed by atoms with van der Waals surface area (Å²) in [6.07, 6.45) is 5.48. The molecule has 1 aliphatic rings. The number of aryl methyl sites for hydroxylation is 2. The number of hydrogen-bond donors (Lipinski definition) is 1. The van der Waals surface area contributed by atoms with Crippen molar-refractivity contribution in [1.82, 2.24) is 9.97 Å². The lowest BCUT2D eigenvalue weighted by atomic mass is 9.97. The zero-order valence-corrected chi connectivity index (χ0v) is 16.4. The van der Waals surface area contributed by atoms with Crippen molar-refractivity contribution in [1.29, 1.82) is 0 Å². The van der Waals surface area contributed by atoms with Crippen LogP contribution in [0.1, 0.15) is 30.0 Å². The van der Waals surface area contributed by atoms with E-state index in [1.807, 2.05) is 18.3 Å². The van der Waals surface area contributed by atoms with Crippen LogP contribution in [0, 0.1) is 6.92 Å². The maximum absolute atomic E-state index is 10.6. The van der Waals surface area contributed by atoms with Gasteiger partial charge in [0.15, 0.2) is 11.5 Å². The van der Waals surface area contributed by atoms with Crippen molar-refractivity contribution in [2.75, 3.05) is 18.1 Å². The van der Waals surface area contributed by atoms with Gasteiger partial charge in [-0.25, -0.2) is 9.97 Å². The zero-order chi connectivity index (χ0) is 19.5. The molecule has 5 nitrogen and oxygen atoms in total. The Morgan fingerprint density at radius 3 is 2.89 bits per heavy atom. The molecule has 0 amide bonds. The van der Waals surface area contributed by atoms with Crippen LogP contribution >= 0.6 is 0 Å². The molecule has 1 N–H and O–H groups in total. The standard InChI is InChI=1S/C23H25N3O2/c1-3-6-17-13-24-15-25-23(17)26-9-10-28-22-19(14-26)11-18(12-21(22)27)20-8-5-4-7-16(20)2/h4-5,7-8,11-13,15,27H,3,6,9-10,14H2,1-2H3. The highest BCUT2D eigenvalue weighted by Crippen LogP contribution is 2.39. The average molecular weight is 375 g/mol. The first-order valence-corrected chi connectivity index (χ1v) is 9.76. The number of phenolic OH excluding ortho intramolecular Hbond substituents is 1. The first kappa shape index (κ1) is 18.3. The topological polar surface area (TPSA) is 58.5 Å². The fourth-order valence-electron chi connectivity index (χ4n) is 3.81. The van der Waals surface area contributed by atoms with Crippen molar-refractivity contribution in [3.8, 4) is 22.6 Å². The highest BCUT2D eigenvalue weighted by atomic mass is 16.5. The maximum Gasteiger partial charge on any atom is 0.166 e. The Hall–Kier alpha value is -3.08. The number of hydrogen-bond acceptors (Lipinski definition) is 5. The van der Waals surface area contributed by atoms with Crippen LogP contribution in [0.2, 0.25) is 0 Å². The number of anilines is 1. The third-order valence-corrected chi connectivity index (χ3v) is 5.15. The van der Waals surface area contributed by atoms with Crippen LogP contribution in [0.4, 0.5) is 5.82 Å². The minimum atomic E-state index is 0.189. The van der Waals surface area contributed by atoms with E-state index in [1.54, 1.807) is 12.4 Å². The van der Waals surface area contributed by atoms with Crippen LogP contribution in [0.5, 0.6) is 11.5 Å². The lowest BCUT2D eigenvalue weighted by Gasteiger charge is -2.23. The van der Waals surface area contributed by atoms with Crippen LogP contribution in [-0.2, 0) is 13.0 Å². The molecule has 1 aromatic heterocycles. The minimum absolute atomic E-state index is 0.189. The van der Waals surface area contributed by atoms with Crippen molar-refractivity contribution < 1.29 is 9.84 Å². The highest BCUT2D eigenvalue weighted by Gasteiger charge is 2.22. The number of rotatable bonds is 4. The summed E-state index contributed by atoms with van der Waals surface area (Å²) in [6.45, 7) is 6.08. The lowest BCUT2D eigenvalue weighted by Crippen LogP contribution is -2.27. The smallest absolute Gasteiger partial charge is 0.166 e. The molecule has 144 valence electrons. The third kappa shape index (κ3) is 3.52. The van der Waals surface area contributed by atoms with Gasteiger partial charge in [0.05, 0.1) is 6.54 Å². The molecular formula is C23H25N3O2. The lowest BCUT2D eigenvalue weighted by molar-refractivity contribution is 0.311. The average Bonchev–Trinajstić information content (AvgIpc) is 2.92. The molecule has 2 heterocycles. The van der Waals surface area contributed by atoms with Gasteiger partial charge >= 0.3 is 0 Å². The normalized spacial score (nSPS) is 13.6. The maximum atomic E-state index is 10.6. The van der Waals surface area contributed by atoms with E-state index in [9.17, 15) is 5.11 Å². The van der Waals surface area contributed by atoms with E-state index in [0.29, 0.717) is 25.4 Å². The largest absolute Gasteiger partial charge is 0.504 e. The van der Waals surface area contributed by atoms with E-state index in [2.05, 4.69) is 46.9 Å². The van der Waals surface area contributed by atoms with Crippen molar-refractivity contribution in [2.24, 2.45) is 0 Å². The number of aromatic hydroxyl groups is 1. The molecule has 0 saturated carbocycles. The Kier molecular flexibility index (Phi) is 5.15. The van der Waals surface area contributed by atoms with E-state index >= 15 is 0 Å². The van der Waals surface area contributed by atoms with E-state index in [1.165, 1.54) is 5.56 Å². The minimum Gasteiger partial charge on any atom is -0.504 e. The van der Waals surface area contributed by atoms with Gasteiger partial charge in [-0.2, -0.15) is 0 Å². The van der Waals surface area contributed by atoms with Crippen LogP contribution in [0.3, 0.4) is 0 Å². The number of nitrogens with zero attached hydrogens (tertiary/aromatic N) is 3. The summed E-state index contributed by atoms with van der Waals surface area (Å²) in [5.41, 5.74) is 5.40. The quantitative estimate of drug-likeness (QED) is 0.727.